The number of carboxylic acid groups (broad SMARTS) is 1. The number of aliphatic hydroxyl groups excluding tert-OH is 1. The van der Waals surface area contributed by atoms with Crippen molar-refractivity contribution in [2.45, 2.75) is 60.0 Å². The first-order valence-corrected chi connectivity index (χ1v) is 7.14. The monoisotopic (exact) mass is 256 g/mol. The van der Waals surface area contributed by atoms with E-state index in [1.54, 1.807) is 6.92 Å². The molecule has 5 atom stereocenters. The SMILES string of the molecule is CC1CCC(C(C)C)C(C(=O)O)(C(C)C(C)O)C1. The summed E-state index contributed by atoms with van der Waals surface area (Å²) in [5, 5.41) is 19.7. The summed E-state index contributed by atoms with van der Waals surface area (Å²) in [4.78, 5) is 12.0. The van der Waals surface area contributed by atoms with Gasteiger partial charge in [0.2, 0.25) is 0 Å². The molecule has 5 unspecified atom stereocenters. The number of aliphatic carboxylic acids is 1. The van der Waals surface area contributed by atoms with Gasteiger partial charge in [0.05, 0.1) is 11.5 Å². The average molecular weight is 256 g/mol. The third-order valence-corrected chi connectivity index (χ3v) is 5.06. The summed E-state index contributed by atoms with van der Waals surface area (Å²) in [5.74, 6) is 0.00852. The van der Waals surface area contributed by atoms with Crippen molar-refractivity contribution in [3.05, 3.63) is 0 Å². The highest BCUT2D eigenvalue weighted by atomic mass is 16.4. The average Bonchev–Trinajstić information content (AvgIpc) is 2.26. The molecule has 3 nitrogen and oxygen atoms in total. The summed E-state index contributed by atoms with van der Waals surface area (Å²) in [6.45, 7) is 9.95. The van der Waals surface area contributed by atoms with Crippen molar-refractivity contribution in [2.24, 2.45) is 29.1 Å². The molecule has 0 radical (unpaired) electrons. The number of carbonyl (C=O) groups is 1. The molecule has 1 aliphatic carbocycles. The van der Waals surface area contributed by atoms with Gasteiger partial charge in [-0.1, -0.05) is 34.1 Å². The van der Waals surface area contributed by atoms with Crippen LogP contribution in [0.1, 0.15) is 53.9 Å². The minimum atomic E-state index is -0.764. The van der Waals surface area contributed by atoms with E-state index in [-0.39, 0.29) is 11.8 Å². The molecule has 0 aromatic carbocycles. The summed E-state index contributed by atoms with van der Waals surface area (Å²) in [6, 6.07) is 0. The molecular formula is C15H28O3. The number of rotatable bonds is 4. The Morgan fingerprint density at radius 2 is 1.78 bits per heavy atom. The van der Waals surface area contributed by atoms with Gasteiger partial charge in [-0.15, -0.1) is 0 Å². The van der Waals surface area contributed by atoms with Gasteiger partial charge in [0, 0.05) is 0 Å². The van der Waals surface area contributed by atoms with Crippen LogP contribution >= 0.6 is 0 Å². The van der Waals surface area contributed by atoms with Crippen LogP contribution in [0.3, 0.4) is 0 Å². The minimum absolute atomic E-state index is 0.163. The Kier molecular flexibility index (Phi) is 4.82. The smallest absolute Gasteiger partial charge is 0.310 e. The van der Waals surface area contributed by atoms with Crippen LogP contribution in [0, 0.1) is 29.1 Å². The zero-order valence-electron chi connectivity index (χ0n) is 12.3. The molecule has 0 amide bonds. The number of hydrogen-bond donors (Lipinski definition) is 2. The molecule has 18 heavy (non-hydrogen) atoms. The molecule has 0 aromatic rings. The van der Waals surface area contributed by atoms with E-state index in [9.17, 15) is 15.0 Å². The predicted octanol–water partition coefficient (Wildman–Crippen LogP) is 3.17. The number of aliphatic hydroxyl groups is 1. The molecule has 1 rings (SSSR count). The van der Waals surface area contributed by atoms with Gasteiger partial charge in [-0.3, -0.25) is 4.79 Å². The minimum Gasteiger partial charge on any atom is -0.481 e. The summed E-state index contributed by atoms with van der Waals surface area (Å²) >= 11 is 0. The highest BCUT2D eigenvalue weighted by Crippen LogP contribution is 2.52. The van der Waals surface area contributed by atoms with Crippen LogP contribution in [0.5, 0.6) is 0 Å². The second-order valence-electron chi connectivity index (χ2n) is 6.61. The Morgan fingerprint density at radius 3 is 2.17 bits per heavy atom. The molecule has 0 bridgehead atoms. The van der Waals surface area contributed by atoms with E-state index in [1.807, 2.05) is 6.92 Å². The quantitative estimate of drug-likeness (QED) is 0.812. The summed E-state index contributed by atoms with van der Waals surface area (Å²) < 4.78 is 0. The highest BCUT2D eigenvalue weighted by Gasteiger charge is 2.54. The maximum Gasteiger partial charge on any atom is 0.310 e. The van der Waals surface area contributed by atoms with E-state index >= 15 is 0 Å². The third-order valence-electron chi connectivity index (χ3n) is 5.06. The van der Waals surface area contributed by atoms with Crippen molar-refractivity contribution >= 4 is 5.97 Å². The third kappa shape index (κ3) is 2.56. The van der Waals surface area contributed by atoms with E-state index in [4.69, 9.17) is 0 Å². The number of carboxylic acids is 1. The second kappa shape index (κ2) is 5.60. The van der Waals surface area contributed by atoms with Gasteiger partial charge >= 0.3 is 5.97 Å². The van der Waals surface area contributed by atoms with Gasteiger partial charge in [-0.2, -0.15) is 0 Å². The molecule has 0 spiro atoms. The maximum atomic E-state index is 12.0. The molecule has 1 fully saturated rings. The largest absolute Gasteiger partial charge is 0.481 e. The van der Waals surface area contributed by atoms with E-state index in [1.165, 1.54) is 0 Å². The molecule has 3 heteroatoms. The van der Waals surface area contributed by atoms with Crippen LogP contribution in [0.4, 0.5) is 0 Å². The van der Waals surface area contributed by atoms with Gasteiger partial charge in [-0.05, 0) is 43.4 Å². The fraction of sp³-hybridized carbons (Fsp3) is 0.933. The van der Waals surface area contributed by atoms with Gasteiger partial charge in [0.25, 0.3) is 0 Å². The van der Waals surface area contributed by atoms with Crippen LogP contribution < -0.4 is 0 Å². The van der Waals surface area contributed by atoms with Crippen molar-refractivity contribution in [3.8, 4) is 0 Å². The Morgan fingerprint density at radius 1 is 1.22 bits per heavy atom. The van der Waals surface area contributed by atoms with Crippen molar-refractivity contribution in [1.82, 2.24) is 0 Å². The summed E-state index contributed by atoms with van der Waals surface area (Å²) in [6.07, 6.45) is 2.18. The molecule has 1 saturated carbocycles. The zero-order valence-corrected chi connectivity index (χ0v) is 12.3. The Labute approximate surface area is 111 Å². The van der Waals surface area contributed by atoms with Gasteiger partial charge in [0.1, 0.15) is 0 Å². The maximum absolute atomic E-state index is 12.0. The molecular weight excluding hydrogens is 228 g/mol. The van der Waals surface area contributed by atoms with E-state index < -0.39 is 17.5 Å². The fourth-order valence-corrected chi connectivity index (χ4v) is 3.87. The van der Waals surface area contributed by atoms with E-state index in [0.29, 0.717) is 18.3 Å². The Bertz CT molecular complexity index is 298. The van der Waals surface area contributed by atoms with Crippen molar-refractivity contribution in [1.29, 1.82) is 0 Å². The lowest BCUT2D eigenvalue weighted by atomic mass is 9.54. The van der Waals surface area contributed by atoms with Crippen molar-refractivity contribution < 1.29 is 15.0 Å². The Balaban J connectivity index is 3.21. The Hall–Kier alpha value is -0.570. The lowest BCUT2D eigenvalue weighted by molar-refractivity contribution is -0.169. The summed E-state index contributed by atoms with van der Waals surface area (Å²) in [7, 11) is 0. The first kappa shape index (κ1) is 15.5. The molecule has 0 saturated heterocycles. The zero-order chi connectivity index (χ0) is 14.1. The normalized spacial score (nSPS) is 36.4. The van der Waals surface area contributed by atoms with Gasteiger partial charge in [0.15, 0.2) is 0 Å². The van der Waals surface area contributed by atoms with Crippen LogP contribution in [0.2, 0.25) is 0 Å². The van der Waals surface area contributed by atoms with E-state index in [2.05, 4.69) is 20.8 Å². The molecule has 106 valence electrons. The first-order chi connectivity index (χ1) is 8.23. The molecule has 0 heterocycles. The number of hydrogen-bond acceptors (Lipinski definition) is 2. The lowest BCUT2D eigenvalue weighted by Crippen LogP contribution is -2.52. The van der Waals surface area contributed by atoms with Crippen LogP contribution in [-0.2, 0) is 4.79 Å². The van der Waals surface area contributed by atoms with Crippen LogP contribution in [-0.4, -0.2) is 22.3 Å². The van der Waals surface area contributed by atoms with Gasteiger partial charge in [-0.25, -0.2) is 0 Å². The predicted molar refractivity (Wildman–Crippen MR) is 72.3 cm³/mol. The fourth-order valence-electron chi connectivity index (χ4n) is 3.87. The lowest BCUT2D eigenvalue weighted by Gasteiger charge is -2.49. The molecule has 0 aromatic heterocycles. The second-order valence-corrected chi connectivity index (χ2v) is 6.61. The van der Waals surface area contributed by atoms with Gasteiger partial charge < -0.3 is 10.2 Å². The summed E-state index contributed by atoms with van der Waals surface area (Å²) in [5.41, 5.74) is -0.764. The highest BCUT2D eigenvalue weighted by molar-refractivity contribution is 5.76. The van der Waals surface area contributed by atoms with Crippen LogP contribution in [0.15, 0.2) is 0 Å². The van der Waals surface area contributed by atoms with Crippen molar-refractivity contribution in [3.63, 3.8) is 0 Å². The molecule has 0 aliphatic heterocycles. The molecule has 1 aliphatic rings. The van der Waals surface area contributed by atoms with Crippen molar-refractivity contribution in [2.75, 3.05) is 0 Å². The topological polar surface area (TPSA) is 57.5 Å². The van der Waals surface area contributed by atoms with Crippen LogP contribution in [0.25, 0.3) is 0 Å². The molecule has 2 N–H and O–H groups in total. The first-order valence-electron chi connectivity index (χ1n) is 7.14. The standard InChI is InChI=1S/C15H28O3/c1-9(2)13-7-6-10(3)8-15(13,14(17)18)11(4)12(5)16/h9-13,16H,6-8H2,1-5H3,(H,17,18). The van der Waals surface area contributed by atoms with E-state index in [0.717, 1.165) is 12.8 Å².